The van der Waals surface area contributed by atoms with Gasteiger partial charge in [0.25, 0.3) is 0 Å². The van der Waals surface area contributed by atoms with Gasteiger partial charge < -0.3 is 0 Å². The Balaban J connectivity index is 1.89. The second-order valence-corrected chi connectivity index (χ2v) is 4.49. The first kappa shape index (κ1) is 9.59. The van der Waals surface area contributed by atoms with Gasteiger partial charge in [0.2, 0.25) is 0 Å². The summed E-state index contributed by atoms with van der Waals surface area (Å²) in [7, 11) is 0. The molecule has 80 valence electrons. The Morgan fingerprint density at radius 2 is 1.88 bits per heavy atom. The second kappa shape index (κ2) is 4.09. The van der Waals surface area contributed by atoms with Gasteiger partial charge in [0.05, 0.1) is 0 Å². The Kier molecular flexibility index (Phi) is 2.45. The molecule has 1 aromatic heterocycles. The lowest BCUT2D eigenvalue weighted by atomic mass is 9.81. The highest BCUT2D eigenvalue weighted by atomic mass is 14.6. The van der Waals surface area contributed by atoms with Crippen LogP contribution in [0.3, 0.4) is 0 Å². The first-order valence-electron chi connectivity index (χ1n) is 5.90. The molecule has 1 aliphatic carbocycles. The van der Waals surface area contributed by atoms with E-state index in [1.165, 1.54) is 36.0 Å². The van der Waals surface area contributed by atoms with Crippen LogP contribution >= 0.6 is 0 Å². The molecule has 1 aliphatic rings. The van der Waals surface area contributed by atoms with Crippen molar-refractivity contribution in [3.63, 3.8) is 0 Å². The largest absolute Gasteiger partial charge is 0.264 e. The van der Waals surface area contributed by atoms with Gasteiger partial charge in [0.1, 0.15) is 0 Å². The van der Waals surface area contributed by atoms with Crippen LogP contribution in [-0.4, -0.2) is 4.98 Å². The summed E-state index contributed by atoms with van der Waals surface area (Å²) >= 11 is 0. The van der Waals surface area contributed by atoms with Gasteiger partial charge in [0.15, 0.2) is 0 Å². The molecule has 16 heavy (non-hydrogen) atoms. The van der Waals surface area contributed by atoms with E-state index in [1.807, 2.05) is 12.4 Å². The first-order chi connectivity index (χ1) is 7.93. The van der Waals surface area contributed by atoms with Gasteiger partial charge in [-0.1, -0.05) is 30.3 Å². The number of nitrogens with zero attached hydrogens (tertiary/aromatic N) is 1. The molecule has 0 amide bonds. The molecular formula is C15H15N. The summed E-state index contributed by atoms with van der Waals surface area (Å²) in [6.45, 7) is 0. The quantitative estimate of drug-likeness (QED) is 0.702. The molecule has 0 aliphatic heterocycles. The van der Waals surface area contributed by atoms with Gasteiger partial charge in [0, 0.05) is 12.4 Å². The van der Waals surface area contributed by atoms with Crippen LogP contribution in [0.2, 0.25) is 0 Å². The van der Waals surface area contributed by atoms with Crippen LogP contribution in [0.4, 0.5) is 0 Å². The molecule has 0 spiro atoms. The number of fused-ring (bicyclic) bond motifs is 1. The molecular weight excluding hydrogens is 194 g/mol. The van der Waals surface area contributed by atoms with Crippen molar-refractivity contribution in [2.45, 2.75) is 25.2 Å². The summed E-state index contributed by atoms with van der Waals surface area (Å²) in [6.07, 6.45) is 7.52. The van der Waals surface area contributed by atoms with Gasteiger partial charge in [-0.2, -0.15) is 0 Å². The summed E-state index contributed by atoms with van der Waals surface area (Å²) in [4.78, 5) is 4.20. The molecule has 0 saturated carbocycles. The molecule has 1 aromatic carbocycles. The van der Waals surface area contributed by atoms with Crippen molar-refractivity contribution < 1.29 is 0 Å². The van der Waals surface area contributed by atoms with E-state index in [1.54, 1.807) is 0 Å². The normalized spacial score (nSPS) is 19.1. The van der Waals surface area contributed by atoms with Crippen molar-refractivity contribution in [1.29, 1.82) is 0 Å². The molecule has 0 saturated heterocycles. The van der Waals surface area contributed by atoms with Gasteiger partial charge in [-0.3, -0.25) is 4.98 Å². The standard InChI is InChI=1S/C15H15N/c1-2-4-12(5-3-1)13-6-7-15-11-16-9-8-14(15)10-13/h1-5,8-9,11,13H,6-7,10H2. The maximum absolute atomic E-state index is 4.20. The number of aryl methyl sites for hydroxylation is 1. The highest BCUT2D eigenvalue weighted by molar-refractivity contribution is 5.31. The predicted octanol–water partition coefficient (Wildman–Crippen LogP) is 3.35. The van der Waals surface area contributed by atoms with Gasteiger partial charge in [-0.05, 0) is 47.9 Å². The number of aromatic nitrogens is 1. The van der Waals surface area contributed by atoms with Crippen LogP contribution in [0.15, 0.2) is 48.8 Å². The monoisotopic (exact) mass is 209 g/mol. The molecule has 2 aromatic rings. The summed E-state index contributed by atoms with van der Waals surface area (Å²) < 4.78 is 0. The Hall–Kier alpha value is -1.63. The molecule has 1 unspecified atom stereocenters. The molecule has 1 heteroatoms. The number of pyridine rings is 1. The molecule has 0 bridgehead atoms. The van der Waals surface area contributed by atoms with E-state index in [0.717, 1.165) is 0 Å². The highest BCUT2D eigenvalue weighted by Crippen LogP contribution is 2.31. The summed E-state index contributed by atoms with van der Waals surface area (Å²) in [5, 5.41) is 0. The number of rotatable bonds is 1. The van der Waals surface area contributed by atoms with E-state index >= 15 is 0 Å². The van der Waals surface area contributed by atoms with E-state index < -0.39 is 0 Å². The zero-order valence-corrected chi connectivity index (χ0v) is 9.26. The summed E-state index contributed by atoms with van der Waals surface area (Å²) in [5.74, 6) is 0.691. The third-order valence-corrected chi connectivity index (χ3v) is 3.50. The molecule has 0 radical (unpaired) electrons. The van der Waals surface area contributed by atoms with Crippen molar-refractivity contribution in [1.82, 2.24) is 4.98 Å². The molecule has 1 nitrogen and oxygen atoms in total. The van der Waals surface area contributed by atoms with Gasteiger partial charge in [-0.25, -0.2) is 0 Å². The average molecular weight is 209 g/mol. The van der Waals surface area contributed by atoms with E-state index in [9.17, 15) is 0 Å². The lowest BCUT2D eigenvalue weighted by Crippen LogP contribution is -2.12. The minimum absolute atomic E-state index is 0.691. The molecule has 3 rings (SSSR count). The predicted molar refractivity (Wildman–Crippen MR) is 65.4 cm³/mol. The maximum Gasteiger partial charge on any atom is 0.0302 e. The third-order valence-electron chi connectivity index (χ3n) is 3.50. The third kappa shape index (κ3) is 1.73. The smallest absolute Gasteiger partial charge is 0.0302 e. The van der Waals surface area contributed by atoms with Crippen LogP contribution in [-0.2, 0) is 12.8 Å². The van der Waals surface area contributed by atoms with E-state index in [4.69, 9.17) is 0 Å². The second-order valence-electron chi connectivity index (χ2n) is 4.49. The average Bonchev–Trinajstić information content (AvgIpc) is 2.39. The van der Waals surface area contributed by atoms with Crippen LogP contribution in [0.25, 0.3) is 0 Å². The first-order valence-corrected chi connectivity index (χ1v) is 5.90. The summed E-state index contributed by atoms with van der Waals surface area (Å²) in [5.41, 5.74) is 4.40. The van der Waals surface area contributed by atoms with Crippen LogP contribution in [0.5, 0.6) is 0 Å². The van der Waals surface area contributed by atoms with Crippen LogP contribution < -0.4 is 0 Å². The lowest BCUT2D eigenvalue weighted by molar-refractivity contribution is 0.583. The molecule has 1 heterocycles. The summed E-state index contributed by atoms with van der Waals surface area (Å²) in [6, 6.07) is 13.0. The minimum Gasteiger partial charge on any atom is -0.264 e. The Labute approximate surface area is 96.2 Å². The van der Waals surface area contributed by atoms with Crippen LogP contribution in [0, 0.1) is 0 Å². The number of hydrogen-bond acceptors (Lipinski definition) is 1. The van der Waals surface area contributed by atoms with Gasteiger partial charge in [-0.15, -0.1) is 0 Å². The van der Waals surface area contributed by atoms with E-state index in [-0.39, 0.29) is 0 Å². The SMILES string of the molecule is c1ccc(C2CCc3cnccc3C2)cc1. The van der Waals surface area contributed by atoms with Gasteiger partial charge >= 0.3 is 0 Å². The number of hydrogen-bond donors (Lipinski definition) is 0. The van der Waals surface area contributed by atoms with Crippen molar-refractivity contribution in [2.75, 3.05) is 0 Å². The zero-order valence-electron chi connectivity index (χ0n) is 9.26. The zero-order chi connectivity index (χ0) is 10.8. The number of benzene rings is 1. The van der Waals surface area contributed by atoms with Crippen molar-refractivity contribution in [2.24, 2.45) is 0 Å². The van der Waals surface area contributed by atoms with Crippen molar-refractivity contribution in [3.05, 3.63) is 65.5 Å². The fourth-order valence-corrected chi connectivity index (χ4v) is 2.59. The molecule has 0 fully saturated rings. The molecule has 1 atom stereocenters. The van der Waals surface area contributed by atoms with Crippen molar-refractivity contribution in [3.8, 4) is 0 Å². The fourth-order valence-electron chi connectivity index (χ4n) is 2.59. The van der Waals surface area contributed by atoms with Crippen molar-refractivity contribution >= 4 is 0 Å². The minimum atomic E-state index is 0.691. The fraction of sp³-hybridized carbons (Fsp3) is 0.267. The Morgan fingerprint density at radius 3 is 2.75 bits per heavy atom. The molecule has 0 N–H and O–H groups in total. The Bertz CT molecular complexity index is 476. The topological polar surface area (TPSA) is 12.9 Å². The Morgan fingerprint density at radius 1 is 1.00 bits per heavy atom. The maximum atomic E-state index is 4.20. The highest BCUT2D eigenvalue weighted by Gasteiger charge is 2.19. The lowest BCUT2D eigenvalue weighted by Gasteiger charge is -2.24. The van der Waals surface area contributed by atoms with Crippen LogP contribution in [0.1, 0.15) is 29.0 Å². The van der Waals surface area contributed by atoms with E-state index in [2.05, 4.69) is 41.4 Å². The van der Waals surface area contributed by atoms with E-state index in [0.29, 0.717) is 5.92 Å².